The molecule has 0 aliphatic carbocycles. The number of carbonyl (C=O) groups excluding carboxylic acids is 1. The molecule has 1 atom stereocenters. The Kier molecular flexibility index (Phi) is 3.49. The van der Waals surface area contributed by atoms with Gasteiger partial charge in [0.25, 0.3) is 0 Å². The van der Waals surface area contributed by atoms with Crippen molar-refractivity contribution in [2.45, 2.75) is 13.2 Å². The Hall–Kier alpha value is -1.07. The van der Waals surface area contributed by atoms with Crippen LogP contribution in [0.2, 0.25) is 0 Å². The lowest BCUT2D eigenvalue weighted by atomic mass is 10.4. The highest BCUT2D eigenvalue weighted by Gasteiger charge is 2.31. The van der Waals surface area contributed by atoms with Gasteiger partial charge in [-0.3, -0.25) is 0 Å². The van der Waals surface area contributed by atoms with Crippen LogP contribution < -0.4 is 0 Å². The van der Waals surface area contributed by atoms with Crippen molar-refractivity contribution in [3.8, 4) is 0 Å². The van der Waals surface area contributed by atoms with E-state index in [4.69, 9.17) is 4.74 Å². The lowest BCUT2D eigenvalue weighted by molar-refractivity contribution is -0.140. The minimum atomic E-state index is -0.346. The third kappa shape index (κ3) is 1.88. The maximum atomic E-state index is 11.3. The van der Waals surface area contributed by atoms with Gasteiger partial charge < -0.3 is 14.5 Å². The molecular weight excluding hydrogens is 184 g/mol. The van der Waals surface area contributed by atoms with Gasteiger partial charge in [-0.05, 0) is 13.0 Å². The molecule has 1 aliphatic rings. The molecule has 0 N–H and O–H groups in total. The number of carbonyl (C=O) groups is 1. The molecule has 0 radical (unpaired) electrons. The second-order valence-corrected chi connectivity index (χ2v) is 2.99. The van der Waals surface area contributed by atoms with Crippen molar-refractivity contribution in [2.75, 3.05) is 27.8 Å². The quantitative estimate of drug-likeness (QED) is 0.609. The van der Waals surface area contributed by atoms with Crippen molar-refractivity contribution in [1.82, 2.24) is 10.0 Å². The Labute approximate surface area is 83.8 Å². The van der Waals surface area contributed by atoms with Gasteiger partial charge in [0.2, 0.25) is 0 Å². The molecule has 1 rings (SSSR count). The largest absolute Gasteiger partial charge is 0.464 e. The van der Waals surface area contributed by atoms with Crippen LogP contribution >= 0.6 is 0 Å². The number of rotatable bonds is 3. The van der Waals surface area contributed by atoms with Crippen LogP contribution in [0.4, 0.5) is 0 Å². The SMILES string of the molecule is CCOC1C=C(C(=O)OC)N(C)N1C. The molecular formula is C9H16N2O3. The van der Waals surface area contributed by atoms with Crippen LogP contribution in [0, 0.1) is 0 Å². The Morgan fingerprint density at radius 2 is 2.21 bits per heavy atom. The van der Waals surface area contributed by atoms with E-state index in [1.165, 1.54) is 7.11 Å². The normalized spacial score (nSPS) is 22.4. The predicted octanol–water partition coefficient (Wildman–Crippen LogP) is 0.198. The van der Waals surface area contributed by atoms with Crippen molar-refractivity contribution < 1.29 is 14.3 Å². The molecule has 0 amide bonds. The smallest absolute Gasteiger partial charge is 0.355 e. The van der Waals surface area contributed by atoms with Gasteiger partial charge >= 0.3 is 5.97 Å². The second kappa shape index (κ2) is 4.43. The summed E-state index contributed by atoms with van der Waals surface area (Å²) in [5.41, 5.74) is 0.508. The highest BCUT2D eigenvalue weighted by molar-refractivity contribution is 5.88. The molecule has 0 aromatic carbocycles. The fourth-order valence-corrected chi connectivity index (χ4v) is 1.32. The van der Waals surface area contributed by atoms with Gasteiger partial charge in [-0.2, -0.15) is 5.01 Å². The zero-order chi connectivity index (χ0) is 10.7. The lowest BCUT2D eigenvalue weighted by Gasteiger charge is -2.27. The van der Waals surface area contributed by atoms with Crippen molar-refractivity contribution in [2.24, 2.45) is 0 Å². The second-order valence-electron chi connectivity index (χ2n) is 2.99. The minimum absolute atomic E-state index is 0.181. The third-order valence-corrected chi connectivity index (χ3v) is 2.22. The summed E-state index contributed by atoms with van der Waals surface area (Å²) in [7, 11) is 5.01. The average molecular weight is 200 g/mol. The van der Waals surface area contributed by atoms with E-state index in [9.17, 15) is 4.79 Å². The molecule has 0 bridgehead atoms. The summed E-state index contributed by atoms with van der Waals surface area (Å²) in [5.74, 6) is -0.346. The maximum absolute atomic E-state index is 11.3. The summed E-state index contributed by atoms with van der Waals surface area (Å²) >= 11 is 0. The van der Waals surface area contributed by atoms with E-state index in [0.717, 1.165) is 0 Å². The van der Waals surface area contributed by atoms with Crippen molar-refractivity contribution in [1.29, 1.82) is 0 Å². The summed E-state index contributed by atoms with van der Waals surface area (Å²) in [4.78, 5) is 11.3. The number of likely N-dealkylation sites (N-methyl/N-ethyl adjacent to an activating group) is 2. The van der Waals surface area contributed by atoms with Crippen LogP contribution in [-0.4, -0.2) is 50.0 Å². The number of hydrogen-bond donors (Lipinski definition) is 0. The molecule has 1 aliphatic heterocycles. The fraction of sp³-hybridized carbons (Fsp3) is 0.667. The van der Waals surface area contributed by atoms with E-state index in [2.05, 4.69) is 4.74 Å². The molecule has 0 aromatic heterocycles. The van der Waals surface area contributed by atoms with Gasteiger partial charge in [-0.25, -0.2) is 4.79 Å². The van der Waals surface area contributed by atoms with Crippen LogP contribution in [0.5, 0.6) is 0 Å². The minimum Gasteiger partial charge on any atom is -0.464 e. The maximum Gasteiger partial charge on any atom is 0.355 e. The summed E-state index contributed by atoms with van der Waals surface area (Å²) in [6.45, 7) is 2.52. The molecule has 80 valence electrons. The first-order chi connectivity index (χ1) is 6.61. The van der Waals surface area contributed by atoms with Crippen LogP contribution in [0.3, 0.4) is 0 Å². The summed E-state index contributed by atoms with van der Waals surface area (Å²) in [6.07, 6.45) is 1.56. The third-order valence-electron chi connectivity index (χ3n) is 2.22. The van der Waals surface area contributed by atoms with E-state index >= 15 is 0 Å². The number of methoxy groups -OCH3 is 1. The van der Waals surface area contributed by atoms with Gasteiger partial charge in [0.15, 0.2) is 0 Å². The first kappa shape index (κ1) is 11.0. The molecule has 14 heavy (non-hydrogen) atoms. The molecule has 1 unspecified atom stereocenters. The molecule has 0 aromatic rings. The Morgan fingerprint density at radius 3 is 2.71 bits per heavy atom. The highest BCUT2D eigenvalue weighted by atomic mass is 16.5. The monoisotopic (exact) mass is 200 g/mol. The summed E-state index contributed by atoms with van der Waals surface area (Å²) in [6, 6.07) is 0. The molecule has 0 spiro atoms. The van der Waals surface area contributed by atoms with Crippen LogP contribution in [-0.2, 0) is 14.3 Å². The van der Waals surface area contributed by atoms with E-state index in [0.29, 0.717) is 12.3 Å². The number of nitrogens with zero attached hydrogens (tertiary/aromatic N) is 2. The number of hydrazine groups is 1. The zero-order valence-electron chi connectivity index (χ0n) is 8.98. The summed E-state index contributed by atoms with van der Waals surface area (Å²) < 4.78 is 10.1. The fourth-order valence-electron chi connectivity index (χ4n) is 1.32. The van der Waals surface area contributed by atoms with E-state index in [1.54, 1.807) is 18.1 Å². The average Bonchev–Trinajstić information content (AvgIpc) is 2.46. The topological polar surface area (TPSA) is 42.0 Å². The van der Waals surface area contributed by atoms with E-state index < -0.39 is 0 Å². The molecule has 5 nitrogen and oxygen atoms in total. The molecule has 0 saturated carbocycles. The van der Waals surface area contributed by atoms with Gasteiger partial charge in [-0.15, -0.1) is 0 Å². The van der Waals surface area contributed by atoms with Gasteiger partial charge in [0.05, 0.1) is 7.11 Å². The molecule has 0 saturated heterocycles. The molecule has 5 heteroatoms. The first-order valence-electron chi connectivity index (χ1n) is 4.50. The van der Waals surface area contributed by atoms with E-state index in [-0.39, 0.29) is 12.2 Å². The molecule has 1 heterocycles. The molecule has 0 fully saturated rings. The summed E-state index contributed by atoms with van der Waals surface area (Å²) in [5, 5.41) is 3.54. The van der Waals surface area contributed by atoms with Gasteiger partial charge in [0.1, 0.15) is 11.9 Å². The number of hydrogen-bond acceptors (Lipinski definition) is 5. The number of esters is 1. The Bertz CT molecular complexity index is 252. The van der Waals surface area contributed by atoms with Gasteiger partial charge in [-0.1, -0.05) is 0 Å². The number of ether oxygens (including phenoxy) is 2. The Morgan fingerprint density at radius 1 is 1.57 bits per heavy atom. The Balaban J connectivity index is 2.76. The van der Waals surface area contributed by atoms with Crippen LogP contribution in [0.15, 0.2) is 11.8 Å². The van der Waals surface area contributed by atoms with Crippen molar-refractivity contribution in [3.63, 3.8) is 0 Å². The highest BCUT2D eigenvalue weighted by Crippen LogP contribution is 2.20. The van der Waals surface area contributed by atoms with Crippen LogP contribution in [0.1, 0.15) is 6.92 Å². The van der Waals surface area contributed by atoms with E-state index in [1.807, 2.05) is 19.0 Å². The van der Waals surface area contributed by atoms with Crippen molar-refractivity contribution >= 4 is 5.97 Å². The van der Waals surface area contributed by atoms with Crippen LogP contribution in [0.25, 0.3) is 0 Å². The standard InChI is InChI=1S/C9H16N2O3/c1-5-14-8-6-7(9(12)13-4)10(2)11(8)3/h6,8H,5H2,1-4H3. The predicted molar refractivity (Wildman–Crippen MR) is 51.0 cm³/mol. The first-order valence-corrected chi connectivity index (χ1v) is 4.50. The zero-order valence-corrected chi connectivity index (χ0v) is 8.98. The lowest BCUT2D eigenvalue weighted by Crippen LogP contribution is -2.39. The van der Waals surface area contributed by atoms with Crippen molar-refractivity contribution in [3.05, 3.63) is 11.8 Å². The van der Waals surface area contributed by atoms with Gasteiger partial charge in [0, 0.05) is 20.7 Å².